The second-order valence-corrected chi connectivity index (χ2v) is 3.24. The van der Waals surface area contributed by atoms with E-state index in [2.05, 4.69) is 0 Å². The Hall–Kier alpha value is -0.550. The summed E-state index contributed by atoms with van der Waals surface area (Å²) in [6.07, 6.45) is -0.272. The predicted molar refractivity (Wildman–Crippen MR) is 35.7 cm³/mol. The Bertz CT molecular complexity index is 118. The summed E-state index contributed by atoms with van der Waals surface area (Å²) < 4.78 is 0. The highest BCUT2D eigenvalue weighted by Gasteiger charge is 2.20. The van der Waals surface area contributed by atoms with E-state index >= 15 is 0 Å². The molecule has 0 saturated heterocycles. The maximum Gasteiger partial charge on any atom is 0.0718 e. The van der Waals surface area contributed by atoms with E-state index in [4.69, 9.17) is 10.4 Å². The minimum absolute atomic E-state index is 0.157. The highest BCUT2D eigenvalue weighted by molar-refractivity contribution is 4.82. The molecular weight excluding hydrogens is 114 g/mol. The van der Waals surface area contributed by atoms with Gasteiger partial charge < -0.3 is 5.11 Å². The molecule has 0 fully saturated rings. The van der Waals surface area contributed by atoms with Crippen molar-refractivity contribution in [1.82, 2.24) is 0 Å². The fraction of sp³-hybridized carbons (Fsp3) is 0.857. The SMILES string of the molecule is CC(C)(C)[C@H](O)CC#N. The van der Waals surface area contributed by atoms with Crippen LogP contribution in [0.15, 0.2) is 0 Å². The molecule has 2 heteroatoms. The molecule has 2 nitrogen and oxygen atoms in total. The Morgan fingerprint density at radius 3 is 2.11 bits per heavy atom. The molecule has 52 valence electrons. The van der Waals surface area contributed by atoms with Gasteiger partial charge in [-0.05, 0) is 5.41 Å². The molecule has 0 aliphatic rings. The van der Waals surface area contributed by atoms with Gasteiger partial charge in [0.25, 0.3) is 0 Å². The van der Waals surface area contributed by atoms with Crippen molar-refractivity contribution >= 4 is 0 Å². The number of hydrogen-bond donors (Lipinski definition) is 1. The lowest BCUT2D eigenvalue weighted by Crippen LogP contribution is -2.25. The molecule has 0 saturated carbocycles. The van der Waals surface area contributed by atoms with E-state index in [1.54, 1.807) is 0 Å². The monoisotopic (exact) mass is 127 g/mol. The third-order valence-electron chi connectivity index (χ3n) is 1.28. The van der Waals surface area contributed by atoms with E-state index in [1.165, 1.54) is 0 Å². The maximum absolute atomic E-state index is 9.16. The van der Waals surface area contributed by atoms with Gasteiger partial charge in [0.15, 0.2) is 0 Å². The Balaban J connectivity index is 3.76. The van der Waals surface area contributed by atoms with Crippen LogP contribution in [-0.2, 0) is 0 Å². The average Bonchev–Trinajstić information content (AvgIpc) is 1.64. The topological polar surface area (TPSA) is 44.0 Å². The summed E-state index contributed by atoms with van der Waals surface area (Å²) in [6.45, 7) is 5.74. The Morgan fingerprint density at radius 2 is 2.00 bits per heavy atom. The van der Waals surface area contributed by atoms with Crippen molar-refractivity contribution in [2.24, 2.45) is 5.41 Å². The normalized spacial score (nSPS) is 14.6. The molecule has 0 unspecified atom stereocenters. The number of aliphatic hydroxyl groups excluding tert-OH is 1. The van der Waals surface area contributed by atoms with Crippen molar-refractivity contribution in [3.8, 4) is 6.07 Å². The molecule has 9 heavy (non-hydrogen) atoms. The summed E-state index contributed by atoms with van der Waals surface area (Å²) in [5, 5.41) is 17.4. The van der Waals surface area contributed by atoms with Crippen LogP contribution >= 0.6 is 0 Å². The van der Waals surface area contributed by atoms with Crippen LogP contribution in [0.25, 0.3) is 0 Å². The zero-order valence-electron chi connectivity index (χ0n) is 6.18. The second-order valence-electron chi connectivity index (χ2n) is 3.24. The van der Waals surface area contributed by atoms with Crippen LogP contribution in [0.2, 0.25) is 0 Å². The van der Waals surface area contributed by atoms with Gasteiger partial charge in [-0.1, -0.05) is 20.8 Å². The molecule has 0 amide bonds. The summed E-state index contributed by atoms with van der Waals surface area (Å²) in [5.74, 6) is 0. The first kappa shape index (κ1) is 8.45. The van der Waals surface area contributed by atoms with Crippen molar-refractivity contribution in [2.75, 3.05) is 0 Å². The third-order valence-corrected chi connectivity index (χ3v) is 1.28. The van der Waals surface area contributed by atoms with E-state index in [0.717, 1.165) is 0 Å². The van der Waals surface area contributed by atoms with Crippen molar-refractivity contribution in [1.29, 1.82) is 5.26 Å². The molecular formula is C7H13NO. The van der Waals surface area contributed by atoms with Gasteiger partial charge in [0, 0.05) is 0 Å². The lowest BCUT2D eigenvalue weighted by molar-refractivity contribution is 0.0674. The van der Waals surface area contributed by atoms with Gasteiger partial charge in [0.05, 0.1) is 18.6 Å². The van der Waals surface area contributed by atoms with Crippen LogP contribution in [0, 0.1) is 16.7 Å². The molecule has 0 heterocycles. The number of nitriles is 1. The summed E-state index contributed by atoms with van der Waals surface area (Å²) >= 11 is 0. The van der Waals surface area contributed by atoms with E-state index in [1.807, 2.05) is 26.8 Å². The molecule has 0 aliphatic carbocycles. The van der Waals surface area contributed by atoms with Gasteiger partial charge in [0.2, 0.25) is 0 Å². The van der Waals surface area contributed by atoms with Gasteiger partial charge in [-0.3, -0.25) is 0 Å². The molecule has 0 rings (SSSR count). The quantitative estimate of drug-likeness (QED) is 0.577. The number of hydrogen-bond acceptors (Lipinski definition) is 2. The Labute approximate surface area is 56.1 Å². The van der Waals surface area contributed by atoms with Crippen LogP contribution in [0.1, 0.15) is 27.2 Å². The molecule has 1 atom stereocenters. The lowest BCUT2D eigenvalue weighted by Gasteiger charge is -2.22. The highest BCUT2D eigenvalue weighted by Crippen LogP contribution is 2.20. The highest BCUT2D eigenvalue weighted by atomic mass is 16.3. The molecule has 0 aliphatic heterocycles. The standard InChI is InChI=1S/C7H13NO/c1-7(2,3)6(9)4-5-8/h6,9H,4H2,1-3H3/t6-/m1/s1. The molecule has 0 radical (unpaired) electrons. The van der Waals surface area contributed by atoms with Crippen molar-refractivity contribution in [2.45, 2.75) is 33.3 Å². The molecule has 0 aromatic heterocycles. The lowest BCUT2D eigenvalue weighted by atomic mass is 9.88. The van der Waals surface area contributed by atoms with Crippen LogP contribution in [0.3, 0.4) is 0 Å². The molecule has 0 aromatic rings. The molecule has 0 spiro atoms. The van der Waals surface area contributed by atoms with E-state index in [-0.39, 0.29) is 11.8 Å². The van der Waals surface area contributed by atoms with Crippen molar-refractivity contribution in [3.05, 3.63) is 0 Å². The van der Waals surface area contributed by atoms with Crippen LogP contribution in [-0.4, -0.2) is 11.2 Å². The zero-order chi connectivity index (χ0) is 7.49. The minimum atomic E-state index is -0.498. The second kappa shape index (κ2) is 2.84. The fourth-order valence-corrected chi connectivity index (χ4v) is 0.393. The predicted octanol–water partition coefficient (Wildman–Crippen LogP) is 1.31. The zero-order valence-corrected chi connectivity index (χ0v) is 6.18. The molecule has 0 bridgehead atoms. The first-order valence-electron chi connectivity index (χ1n) is 3.03. The number of nitrogens with zero attached hydrogens (tertiary/aromatic N) is 1. The summed E-state index contributed by atoms with van der Waals surface area (Å²) in [4.78, 5) is 0. The van der Waals surface area contributed by atoms with Crippen molar-refractivity contribution in [3.63, 3.8) is 0 Å². The van der Waals surface area contributed by atoms with Gasteiger partial charge in [-0.2, -0.15) is 5.26 Å². The van der Waals surface area contributed by atoms with Gasteiger partial charge >= 0.3 is 0 Å². The summed E-state index contributed by atoms with van der Waals surface area (Å²) in [7, 11) is 0. The van der Waals surface area contributed by atoms with Gasteiger partial charge in [-0.25, -0.2) is 0 Å². The van der Waals surface area contributed by atoms with Crippen LogP contribution < -0.4 is 0 Å². The van der Waals surface area contributed by atoms with Gasteiger partial charge in [0.1, 0.15) is 0 Å². The van der Waals surface area contributed by atoms with E-state index in [0.29, 0.717) is 0 Å². The van der Waals surface area contributed by atoms with Crippen LogP contribution in [0.5, 0.6) is 0 Å². The Morgan fingerprint density at radius 1 is 1.56 bits per heavy atom. The third kappa shape index (κ3) is 3.10. The van der Waals surface area contributed by atoms with Crippen LogP contribution in [0.4, 0.5) is 0 Å². The Kier molecular flexibility index (Phi) is 2.66. The first-order chi connectivity index (χ1) is 3.98. The van der Waals surface area contributed by atoms with E-state index < -0.39 is 6.10 Å². The maximum atomic E-state index is 9.16. The number of aliphatic hydroxyl groups is 1. The largest absolute Gasteiger partial charge is 0.392 e. The minimum Gasteiger partial charge on any atom is -0.392 e. The average molecular weight is 127 g/mol. The van der Waals surface area contributed by atoms with E-state index in [9.17, 15) is 0 Å². The first-order valence-corrected chi connectivity index (χ1v) is 3.03. The molecule has 0 aromatic carbocycles. The van der Waals surface area contributed by atoms with Gasteiger partial charge in [-0.15, -0.1) is 0 Å². The number of rotatable bonds is 1. The fourth-order valence-electron chi connectivity index (χ4n) is 0.393. The smallest absolute Gasteiger partial charge is 0.0718 e. The molecule has 1 N–H and O–H groups in total. The summed E-state index contributed by atoms with van der Waals surface area (Å²) in [5.41, 5.74) is -0.157. The van der Waals surface area contributed by atoms with Crippen molar-refractivity contribution < 1.29 is 5.11 Å². The summed E-state index contributed by atoms with van der Waals surface area (Å²) in [6, 6.07) is 1.92.